The number of piperidine rings is 1. The molecule has 3 nitrogen and oxygen atoms in total. The van der Waals surface area contributed by atoms with E-state index in [1.54, 1.807) is 0 Å². The number of rotatable bonds is 6. The number of hydrogen-bond donors (Lipinski definition) is 1. The molecule has 2 fully saturated rings. The molecule has 100 valence electrons. The molecule has 0 radical (unpaired) electrons. The van der Waals surface area contributed by atoms with Gasteiger partial charge in [-0.25, -0.2) is 0 Å². The number of nitrogens with zero attached hydrogens (tertiary/aromatic N) is 2. The highest BCUT2D eigenvalue weighted by molar-refractivity contribution is 4.85. The van der Waals surface area contributed by atoms with Gasteiger partial charge in [-0.15, -0.1) is 0 Å². The summed E-state index contributed by atoms with van der Waals surface area (Å²) in [6.07, 6.45) is 6.92. The molecular formula is C14H29N3. The Bertz CT molecular complexity index is 208. The maximum Gasteiger partial charge on any atom is 0.0223 e. The predicted octanol–water partition coefficient (Wildman–Crippen LogP) is 1.55. The molecule has 0 aromatic carbocycles. The first-order chi connectivity index (χ1) is 8.40. The van der Waals surface area contributed by atoms with Crippen LogP contribution < -0.4 is 5.32 Å². The summed E-state index contributed by atoms with van der Waals surface area (Å²) in [7, 11) is 0. The van der Waals surface area contributed by atoms with Crippen molar-refractivity contribution in [3.63, 3.8) is 0 Å². The summed E-state index contributed by atoms with van der Waals surface area (Å²) in [4.78, 5) is 5.37. The van der Waals surface area contributed by atoms with E-state index in [1.165, 1.54) is 77.9 Å². The smallest absolute Gasteiger partial charge is 0.0223 e. The average Bonchev–Trinajstić information content (AvgIpc) is 2.38. The summed E-state index contributed by atoms with van der Waals surface area (Å²) >= 11 is 0. The van der Waals surface area contributed by atoms with Crippen LogP contribution in [0.4, 0.5) is 0 Å². The molecule has 2 aliphatic heterocycles. The van der Waals surface area contributed by atoms with Gasteiger partial charge >= 0.3 is 0 Å². The van der Waals surface area contributed by atoms with E-state index >= 15 is 0 Å². The Hall–Kier alpha value is -0.120. The Labute approximate surface area is 107 Å². The lowest BCUT2D eigenvalue weighted by molar-refractivity contribution is 0.0500. The summed E-state index contributed by atoms with van der Waals surface area (Å²) in [6, 6.07) is 0.869. The van der Waals surface area contributed by atoms with E-state index in [1.807, 2.05) is 0 Å². The third kappa shape index (κ3) is 4.23. The summed E-state index contributed by atoms with van der Waals surface area (Å²) in [6.45, 7) is 11.1. The zero-order valence-corrected chi connectivity index (χ0v) is 11.5. The van der Waals surface area contributed by atoms with Gasteiger partial charge in [0.2, 0.25) is 0 Å². The minimum Gasteiger partial charge on any atom is -0.315 e. The lowest BCUT2D eigenvalue weighted by Gasteiger charge is -2.44. The quantitative estimate of drug-likeness (QED) is 0.710. The van der Waals surface area contributed by atoms with Crippen molar-refractivity contribution in [2.24, 2.45) is 0 Å². The fourth-order valence-electron chi connectivity index (χ4n) is 3.09. The van der Waals surface area contributed by atoms with E-state index in [2.05, 4.69) is 22.0 Å². The highest BCUT2D eigenvalue weighted by Gasteiger charge is 2.28. The van der Waals surface area contributed by atoms with Crippen LogP contribution in [0.2, 0.25) is 0 Å². The molecule has 17 heavy (non-hydrogen) atoms. The topological polar surface area (TPSA) is 18.5 Å². The van der Waals surface area contributed by atoms with Gasteiger partial charge < -0.3 is 5.32 Å². The molecule has 0 spiro atoms. The van der Waals surface area contributed by atoms with Crippen LogP contribution in [-0.2, 0) is 0 Å². The van der Waals surface area contributed by atoms with Gasteiger partial charge in [-0.2, -0.15) is 0 Å². The zero-order valence-electron chi connectivity index (χ0n) is 11.5. The van der Waals surface area contributed by atoms with Crippen molar-refractivity contribution in [1.82, 2.24) is 15.1 Å². The number of unbranched alkanes of at least 4 members (excludes halogenated alkanes) is 1. The molecule has 0 aromatic rings. The highest BCUT2D eigenvalue weighted by atomic mass is 15.3. The Kier molecular flexibility index (Phi) is 5.75. The third-order valence-corrected chi connectivity index (χ3v) is 4.23. The second-order valence-electron chi connectivity index (χ2n) is 5.59. The zero-order chi connectivity index (χ0) is 11.9. The van der Waals surface area contributed by atoms with Gasteiger partial charge in [0.05, 0.1) is 0 Å². The van der Waals surface area contributed by atoms with Crippen molar-refractivity contribution in [2.75, 3.05) is 45.8 Å². The summed E-state index contributed by atoms with van der Waals surface area (Å²) in [5.74, 6) is 0. The van der Waals surface area contributed by atoms with E-state index < -0.39 is 0 Å². The van der Waals surface area contributed by atoms with Gasteiger partial charge in [0.25, 0.3) is 0 Å². The van der Waals surface area contributed by atoms with Gasteiger partial charge in [-0.05, 0) is 32.4 Å². The minimum absolute atomic E-state index is 0.869. The van der Waals surface area contributed by atoms with Crippen LogP contribution in [0.25, 0.3) is 0 Å². The van der Waals surface area contributed by atoms with Crippen LogP contribution in [0.15, 0.2) is 0 Å². The molecule has 1 unspecified atom stereocenters. The Morgan fingerprint density at radius 2 is 2.06 bits per heavy atom. The van der Waals surface area contributed by atoms with Crippen molar-refractivity contribution in [3.8, 4) is 0 Å². The van der Waals surface area contributed by atoms with Crippen molar-refractivity contribution in [3.05, 3.63) is 0 Å². The van der Waals surface area contributed by atoms with Gasteiger partial charge in [-0.1, -0.05) is 19.8 Å². The summed E-state index contributed by atoms with van der Waals surface area (Å²) in [5, 5.41) is 3.55. The first kappa shape index (κ1) is 13.3. The Morgan fingerprint density at radius 1 is 1.12 bits per heavy atom. The Balaban J connectivity index is 1.59. The summed E-state index contributed by atoms with van der Waals surface area (Å²) < 4.78 is 0. The maximum absolute atomic E-state index is 3.55. The van der Waals surface area contributed by atoms with E-state index in [0.717, 1.165) is 6.04 Å². The first-order valence-corrected chi connectivity index (χ1v) is 7.57. The molecule has 2 heterocycles. The SMILES string of the molecule is CCCCNCCN1CCN2CCCCC2C1. The number of piperazine rings is 1. The van der Waals surface area contributed by atoms with E-state index in [9.17, 15) is 0 Å². The van der Waals surface area contributed by atoms with E-state index in [4.69, 9.17) is 0 Å². The van der Waals surface area contributed by atoms with Crippen molar-refractivity contribution < 1.29 is 0 Å². The minimum atomic E-state index is 0.869. The summed E-state index contributed by atoms with van der Waals surface area (Å²) in [5.41, 5.74) is 0. The van der Waals surface area contributed by atoms with E-state index in [0.29, 0.717) is 0 Å². The molecule has 0 saturated carbocycles. The van der Waals surface area contributed by atoms with Crippen LogP contribution in [0.1, 0.15) is 39.0 Å². The van der Waals surface area contributed by atoms with Crippen LogP contribution >= 0.6 is 0 Å². The molecule has 0 aliphatic carbocycles. The second-order valence-corrected chi connectivity index (χ2v) is 5.59. The van der Waals surface area contributed by atoms with Gasteiger partial charge in [0, 0.05) is 38.8 Å². The molecule has 2 aliphatic rings. The molecule has 2 rings (SSSR count). The third-order valence-electron chi connectivity index (χ3n) is 4.23. The highest BCUT2D eigenvalue weighted by Crippen LogP contribution is 2.20. The molecule has 0 bridgehead atoms. The monoisotopic (exact) mass is 239 g/mol. The van der Waals surface area contributed by atoms with Crippen molar-refractivity contribution in [2.45, 2.75) is 45.1 Å². The van der Waals surface area contributed by atoms with Gasteiger partial charge in [-0.3, -0.25) is 9.80 Å². The van der Waals surface area contributed by atoms with Crippen molar-refractivity contribution >= 4 is 0 Å². The fourth-order valence-corrected chi connectivity index (χ4v) is 3.09. The van der Waals surface area contributed by atoms with Crippen LogP contribution in [-0.4, -0.2) is 61.7 Å². The first-order valence-electron chi connectivity index (χ1n) is 7.57. The molecule has 0 amide bonds. The lowest BCUT2D eigenvalue weighted by atomic mass is 9.99. The van der Waals surface area contributed by atoms with Crippen LogP contribution in [0.5, 0.6) is 0 Å². The normalized spacial score (nSPS) is 27.0. The lowest BCUT2D eigenvalue weighted by Crippen LogP contribution is -2.55. The van der Waals surface area contributed by atoms with Crippen LogP contribution in [0, 0.1) is 0 Å². The molecular weight excluding hydrogens is 210 g/mol. The van der Waals surface area contributed by atoms with Crippen LogP contribution in [0.3, 0.4) is 0 Å². The average molecular weight is 239 g/mol. The predicted molar refractivity (Wildman–Crippen MR) is 73.4 cm³/mol. The maximum atomic E-state index is 3.55. The number of nitrogens with one attached hydrogen (secondary N) is 1. The largest absolute Gasteiger partial charge is 0.315 e. The second kappa shape index (κ2) is 7.34. The number of hydrogen-bond acceptors (Lipinski definition) is 3. The molecule has 3 heteroatoms. The van der Waals surface area contributed by atoms with E-state index in [-0.39, 0.29) is 0 Å². The molecule has 0 aromatic heterocycles. The van der Waals surface area contributed by atoms with Crippen molar-refractivity contribution in [1.29, 1.82) is 0 Å². The van der Waals surface area contributed by atoms with Gasteiger partial charge in [0.1, 0.15) is 0 Å². The van der Waals surface area contributed by atoms with Gasteiger partial charge in [0.15, 0.2) is 0 Å². The standard InChI is InChI=1S/C14H29N3/c1-2-3-7-15-8-10-16-11-12-17-9-5-4-6-14(17)13-16/h14-15H,2-13H2,1H3. The Morgan fingerprint density at radius 3 is 2.94 bits per heavy atom. The molecule has 1 N–H and O–H groups in total. The molecule has 2 saturated heterocycles. The number of fused-ring (bicyclic) bond motifs is 1. The molecule has 1 atom stereocenters. The fraction of sp³-hybridized carbons (Fsp3) is 1.00.